The molecule has 0 spiro atoms. The van der Waals surface area contributed by atoms with E-state index in [2.05, 4.69) is 5.32 Å². The van der Waals surface area contributed by atoms with Crippen LogP contribution in [0, 0.1) is 10.1 Å². The van der Waals surface area contributed by atoms with Crippen LogP contribution in [0.3, 0.4) is 0 Å². The van der Waals surface area contributed by atoms with Crippen molar-refractivity contribution in [3.8, 4) is 0 Å². The van der Waals surface area contributed by atoms with Crippen molar-refractivity contribution in [2.45, 2.75) is 43.0 Å². The standard InChI is InChI=1S/C22H29N5O7S2/c1-22(2,3)34-20(28)16(13-15-7-5-4-6-8-15)24-21(29)26-11-9-25(10-12-26)19-17(27(30)31)14-18(35-19)36(23,32)33/h4-8,14,16H,9-13H2,1-3H3,(H,24,29)(H2,23,32,33). The molecule has 0 saturated carbocycles. The topological polar surface area (TPSA) is 165 Å². The Labute approximate surface area is 213 Å². The quantitative estimate of drug-likeness (QED) is 0.307. The van der Waals surface area contributed by atoms with Gasteiger partial charge in [0, 0.05) is 38.7 Å². The second-order valence-electron chi connectivity index (χ2n) is 9.26. The lowest BCUT2D eigenvalue weighted by molar-refractivity contribution is -0.383. The van der Waals surface area contributed by atoms with Gasteiger partial charge in [-0.2, -0.15) is 0 Å². The van der Waals surface area contributed by atoms with E-state index in [0.717, 1.165) is 23.0 Å². The minimum atomic E-state index is -4.09. The van der Waals surface area contributed by atoms with Gasteiger partial charge in [-0.1, -0.05) is 41.7 Å². The summed E-state index contributed by atoms with van der Waals surface area (Å²) >= 11 is 0.723. The number of esters is 1. The average Bonchev–Trinajstić information content (AvgIpc) is 3.25. The zero-order valence-corrected chi connectivity index (χ0v) is 21.8. The summed E-state index contributed by atoms with van der Waals surface area (Å²) in [5, 5.41) is 19.5. The molecule has 1 fully saturated rings. The number of carbonyl (C=O) groups is 2. The normalized spacial score (nSPS) is 15.3. The molecule has 1 aliphatic heterocycles. The maximum absolute atomic E-state index is 13.0. The number of nitrogens with two attached hydrogens (primary N) is 1. The van der Waals surface area contributed by atoms with Gasteiger partial charge in [-0.25, -0.2) is 23.1 Å². The third-order valence-electron chi connectivity index (χ3n) is 5.27. The van der Waals surface area contributed by atoms with Crippen LogP contribution in [0.25, 0.3) is 0 Å². The number of carbonyl (C=O) groups excluding carboxylic acids is 2. The highest BCUT2D eigenvalue weighted by Gasteiger charge is 2.33. The molecule has 2 heterocycles. The predicted octanol–water partition coefficient (Wildman–Crippen LogP) is 2.09. The van der Waals surface area contributed by atoms with E-state index in [1.165, 1.54) is 4.90 Å². The molecule has 2 amide bonds. The van der Waals surface area contributed by atoms with Crippen LogP contribution < -0.4 is 15.4 Å². The van der Waals surface area contributed by atoms with Crippen molar-refractivity contribution in [2.24, 2.45) is 5.14 Å². The number of hydrogen-bond donors (Lipinski definition) is 2. The lowest BCUT2D eigenvalue weighted by Gasteiger charge is -2.35. The molecule has 3 N–H and O–H groups in total. The van der Waals surface area contributed by atoms with Gasteiger partial charge in [0.1, 0.15) is 15.9 Å². The van der Waals surface area contributed by atoms with Gasteiger partial charge < -0.3 is 19.9 Å². The molecule has 2 aromatic rings. The molecule has 1 saturated heterocycles. The van der Waals surface area contributed by atoms with Gasteiger partial charge in [0.15, 0.2) is 5.00 Å². The number of nitrogens with one attached hydrogen (secondary N) is 1. The van der Waals surface area contributed by atoms with Crippen molar-refractivity contribution >= 4 is 44.0 Å². The minimum Gasteiger partial charge on any atom is -0.458 e. The van der Waals surface area contributed by atoms with Crippen molar-refractivity contribution in [3.63, 3.8) is 0 Å². The summed E-state index contributed by atoms with van der Waals surface area (Å²) < 4.78 is 28.5. The number of piperazine rings is 1. The number of thiophene rings is 1. The Hall–Kier alpha value is -3.23. The maximum Gasteiger partial charge on any atom is 0.329 e. The van der Waals surface area contributed by atoms with Crippen molar-refractivity contribution in [2.75, 3.05) is 31.1 Å². The van der Waals surface area contributed by atoms with E-state index >= 15 is 0 Å². The van der Waals surface area contributed by atoms with E-state index in [0.29, 0.717) is 0 Å². The molecule has 0 aliphatic carbocycles. The monoisotopic (exact) mass is 539 g/mol. The number of sulfonamides is 1. The highest BCUT2D eigenvalue weighted by molar-refractivity contribution is 7.91. The summed E-state index contributed by atoms with van der Waals surface area (Å²) in [7, 11) is -4.09. The number of primary sulfonamides is 1. The molecule has 0 bridgehead atoms. The van der Waals surface area contributed by atoms with Crippen molar-refractivity contribution < 1.29 is 27.7 Å². The van der Waals surface area contributed by atoms with Gasteiger partial charge in [-0.05, 0) is 26.3 Å². The molecule has 1 aliphatic rings. The van der Waals surface area contributed by atoms with Crippen LogP contribution in [-0.4, -0.2) is 68.1 Å². The third-order valence-corrected chi connectivity index (χ3v) is 7.88. The maximum atomic E-state index is 13.0. The summed E-state index contributed by atoms with van der Waals surface area (Å²) in [6.45, 7) is 6.11. The number of ether oxygens (including phenoxy) is 1. The first-order valence-electron chi connectivity index (χ1n) is 11.1. The summed E-state index contributed by atoms with van der Waals surface area (Å²) in [5.74, 6) is -0.553. The number of benzene rings is 1. The molecule has 196 valence electrons. The molecule has 0 radical (unpaired) electrons. The number of anilines is 1. The van der Waals surface area contributed by atoms with Crippen LogP contribution in [0.4, 0.5) is 15.5 Å². The van der Waals surface area contributed by atoms with E-state index in [9.17, 15) is 28.1 Å². The first kappa shape index (κ1) is 27.4. The lowest BCUT2D eigenvalue weighted by atomic mass is 10.1. The van der Waals surface area contributed by atoms with Crippen LogP contribution in [0.1, 0.15) is 26.3 Å². The predicted molar refractivity (Wildman–Crippen MR) is 134 cm³/mol. The fourth-order valence-electron chi connectivity index (χ4n) is 3.62. The van der Waals surface area contributed by atoms with Gasteiger partial charge >= 0.3 is 17.7 Å². The molecule has 1 atom stereocenters. The highest BCUT2D eigenvalue weighted by atomic mass is 32.2. The van der Waals surface area contributed by atoms with E-state index in [-0.39, 0.29) is 47.5 Å². The lowest BCUT2D eigenvalue weighted by Crippen LogP contribution is -2.55. The number of urea groups is 1. The highest BCUT2D eigenvalue weighted by Crippen LogP contribution is 2.39. The van der Waals surface area contributed by atoms with E-state index < -0.39 is 38.6 Å². The largest absolute Gasteiger partial charge is 0.458 e. The molecular formula is C22H29N5O7S2. The Morgan fingerprint density at radius 1 is 1.19 bits per heavy atom. The van der Waals surface area contributed by atoms with Crippen molar-refractivity contribution in [1.29, 1.82) is 0 Å². The van der Waals surface area contributed by atoms with E-state index in [1.54, 1.807) is 25.7 Å². The van der Waals surface area contributed by atoms with Crippen LogP contribution in [-0.2, 0) is 26.0 Å². The fourth-order valence-corrected chi connectivity index (χ4v) is 5.51. The number of hydrogen-bond acceptors (Lipinski definition) is 9. The molecular weight excluding hydrogens is 510 g/mol. The summed E-state index contributed by atoms with van der Waals surface area (Å²) in [6, 6.07) is 8.82. The van der Waals surface area contributed by atoms with Crippen molar-refractivity contribution in [3.05, 3.63) is 52.1 Å². The zero-order chi connectivity index (χ0) is 26.7. The fraction of sp³-hybridized carbons (Fsp3) is 0.455. The molecule has 36 heavy (non-hydrogen) atoms. The molecule has 1 aromatic heterocycles. The van der Waals surface area contributed by atoms with E-state index in [4.69, 9.17) is 9.88 Å². The van der Waals surface area contributed by atoms with Crippen LogP contribution in [0.5, 0.6) is 0 Å². The average molecular weight is 540 g/mol. The smallest absolute Gasteiger partial charge is 0.329 e. The second kappa shape index (κ2) is 10.8. The molecule has 1 aromatic carbocycles. The Balaban J connectivity index is 1.69. The van der Waals surface area contributed by atoms with Gasteiger partial charge in [0.05, 0.1) is 4.92 Å². The molecule has 3 rings (SSSR count). The first-order valence-corrected chi connectivity index (χ1v) is 13.5. The number of amides is 2. The Bertz CT molecular complexity index is 1220. The SMILES string of the molecule is CC(C)(C)OC(=O)C(Cc1ccccc1)NC(=O)N1CCN(c2sc(S(N)(=O)=O)cc2[N+](=O)[O-])CC1. The Morgan fingerprint density at radius 3 is 2.33 bits per heavy atom. The second-order valence-corrected chi connectivity index (χ2v) is 12.1. The van der Waals surface area contributed by atoms with Gasteiger partial charge in [0.25, 0.3) is 0 Å². The number of nitrogens with zero attached hydrogens (tertiary/aromatic N) is 3. The van der Waals surface area contributed by atoms with Gasteiger partial charge in [0.2, 0.25) is 10.0 Å². The van der Waals surface area contributed by atoms with Crippen LogP contribution in [0.2, 0.25) is 0 Å². The summed E-state index contributed by atoms with van der Waals surface area (Å²) in [6.07, 6.45) is 0.249. The Kier molecular flexibility index (Phi) is 8.21. The zero-order valence-electron chi connectivity index (χ0n) is 20.2. The summed E-state index contributed by atoms with van der Waals surface area (Å²) in [4.78, 5) is 39.8. The van der Waals surface area contributed by atoms with E-state index in [1.807, 2.05) is 30.3 Å². The first-order chi connectivity index (χ1) is 16.7. The Morgan fingerprint density at radius 2 is 1.81 bits per heavy atom. The molecule has 14 heteroatoms. The third kappa shape index (κ3) is 7.15. The molecule has 12 nitrogen and oxygen atoms in total. The minimum absolute atomic E-state index is 0.166. The summed E-state index contributed by atoms with van der Waals surface area (Å²) in [5.41, 5.74) is -0.225. The van der Waals surface area contributed by atoms with Gasteiger partial charge in [-0.3, -0.25) is 10.1 Å². The van der Waals surface area contributed by atoms with Crippen molar-refractivity contribution in [1.82, 2.24) is 10.2 Å². The number of rotatable bonds is 7. The van der Waals surface area contributed by atoms with Crippen LogP contribution in [0.15, 0.2) is 40.6 Å². The molecule has 1 unspecified atom stereocenters. The number of nitro groups is 1. The van der Waals surface area contributed by atoms with Crippen LogP contribution >= 0.6 is 11.3 Å². The van der Waals surface area contributed by atoms with Gasteiger partial charge in [-0.15, -0.1) is 0 Å².